The molecule has 0 unspecified atom stereocenters. The second kappa shape index (κ2) is 10.5. The van der Waals surface area contributed by atoms with Crippen molar-refractivity contribution in [2.24, 2.45) is 0 Å². The molecule has 25 heavy (non-hydrogen) atoms. The molecule has 0 radical (unpaired) electrons. The van der Waals surface area contributed by atoms with E-state index in [0.717, 1.165) is 42.6 Å². The molecule has 2 nitrogen and oxygen atoms in total. The van der Waals surface area contributed by atoms with Crippen molar-refractivity contribution in [1.82, 2.24) is 0 Å². The van der Waals surface area contributed by atoms with Crippen LogP contribution in [0.25, 0.3) is 6.08 Å². The first kappa shape index (κ1) is 19.0. The zero-order chi connectivity index (χ0) is 17.9. The second-order valence-corrected chi connectivity index (χ2v) is 6.28. The Morgan fingerprint density at radius 1 is 0.960 bits per heavy atom. The summed E-state index contributed by atoms with van der Waals surface area (Å²) in [7, 11) is 0. The van der Waals surface area contributed by atoms with Gasteiger partial charge in [0, 0.05) is 6.42 Å². The number of rotatable bonds is 9. The van der Waals surface area contributed by atoms with Crippen LogP contribution in [0.2, 0.25) is 0 Å². The summed E-state index contributed by atoms with van der Waals surface area (Å²) >= 11 is 0. The summed E-state index contributed by atoms with van der Waals surface area (Å²) in [4.78, 5) is 12.5. The number of aryl methyl sites for hydroxylation is 1. The predicted octanol–water partition coefficient (Wildman–Crippen LogP) is 6.42. The Bertz CT molecular complexity index is 686. The van der Waals surface area contributed by atoms with Crippen molar-refractivity contribution < 1.29 is 9.53 Å². The summed E-state index contributed by atoms with van der Waals surface area (Å²) in [6.07, 6.45) is 8.28. The van der Waals surface area contributed by atoms with Crippen LogP contribution in [-0.2, 0) is 11.2 Å². The Labute approximate surface area is 151 Å². The van der Waals surface area contributed by atoms with Gasteiger partial charge in [-0.2, -0.15) is 0 Å². The first-order valence-corrected chi connectivity index (χ1v) is 9.29. The molecular formula is C23H28O2. The number of carbonyl (C=O) groups is 1. The minimum Gasteiger partial charge on any atom is -0.427 e. The van der Waals surface area contributed by atoms with E-state index in [0.29, 0.717) is 5.56 Å². The van der Waals surface area contributed by atoms with E-state index in [1.54, 1.807) is 0 Å². The van der Waals surface area contributed by atoms with Gasteiger partial charge in [-0.25, -0.2) is 4.79 Å². The molecule has 0 aromatic heterocycles. The van der Waals surface area contributed by atoms with E-state index in [1.807, 2.05) is 60.7 Å². The summed E-state index contributed by atoms with van der Waals surface area (Å²) in [6, 6.07) is 17.7. The van der Waals surface area contributed by atoms with Crippen LogP contribution in [0.3, 0.4) is 0 Å². The van der Waals surface area contributed by atoms with E-state index in [1.165, 1.54) is 12.8 Å². The zero-order valence-electron chi connectivity index (χ0n) is 15.3. The van der Waals surface area contributed by atoms with E-state index < -0.39 is 0 Å². The Balaban J connectivity index is 2.11. The van der Waals surface area contributed by atoms with E-state index in [9.17, 15) is 4.79 Å². The van der Waals surface area contributed by atoms with Crippen molar-refractivity contribution in [2.45, 2.75) is 52.4 Å². The average Bonchev–Trinajstić information content (AvgIpc) is 2.66. The maximum absolute atomic E-state index is 12.5. The number of hydrogen-bond acceptors (Lipinski definition) is 2. The first-order chi connectivity index (χ1) is 12.2. The Hall–Kier alpha value is -2.35. The Kier molecular flexibility index (Phi) is 7.97. The lowest BCUT2D eigenvalue weighted by Crippen LogP contribution is -2.06. The number of benzene rings is 2. The molecule has 0 saturated heterocycles. The molecule has 2 heteroatoms. The van der Waals surface area contributed by atoms with Crippen LogP contribution >= 0.6 is 0 Å². The molecule has 2 aromatic rings. The average molecular weight is 336 g/mol. The van der Waals surface area contributed by atoms with Crippen molar-refractivity contribution in [3.05, 3.63) is 77.0 Å². The van der Waals surface area contributed by atoms with Gasteiger partial charge in [0.05, 0.1) is 5.56 Å². The molecule has 2 aromatic carbocycles. The van der Waals surface area contributed by atoms with E-state index >= 15 is 0 Å². The topological polar surface area (TPSA) is 26.3 Å². The predicted molar refractivity (Wildman–Crippen MR) is 104 cm³/mol. The molecule has 0 N–H and O–H groups in total. The number of allylic oxidation sites excluding steroid dienone is 1. The van der Waals surface area contributed by atoms with Gasteiger partial charge in [0.2, 0.25) is 0 Å². The van der Waals surface area contributed by atoms with Crippen LogP contribution in [0, 0.1) is 0 Å². The lowest BCUT2D eigenvalue weighted by atomic mass is 10.1. The lowest BCUT2D eigenvalue weighted by molar-refractivity contribution is 0.0616. The number of ether oxygens (including phenoxy) is 1. The van der Waals surface area contributed by atoms with E-state index in [2.05, 4.69) is 13.8 Å². The van der Waals surface area contributed by atoms with Crippen LogP contribution in [0.1, 0.15) is 67.4 Å². The van der Waals surface area contributed by atoms with Gasteiger partial charge in [-0.1, -0.05) is 75.6 Å². The molecule has 0 saturated carbocycles. The molecule has 0 fully saturated rings. The van der Waals surface area contributed by atoms with Crippen LogP contribution < -0.4 is 0 Å². The van der Waals surface area contributed by atoms with Crippen LogP contribution in [-0.4, -0.2) is 5.97 Å². The van der Waals surface area contributed by atoms with Gasteiger partial charge >= 0.3 is 5.97 Å². The smallest absolute Gasteiger partial charge is 0.343 e. The molecule has 0 heterocycles. The molecule has 2 rings (SSSR count). The third-order valence-corrected chi connectivity index (χ3v) is 4.20. The highest BCUT2D eigenvalue weighted by atomic mass is 16.5. The van der Waals surface area contributed by atoms with Crippen molar-refractivity contribution in [2.75, 3.05) is 0 Å². The third kappa shape index (κ3) is 6.58. The fourth-order valence-electron chi connectivity index (χ4n) is 2.71. The summed E-state index contributed by atoms with van der Waals surface area (Å²) in [5.41, 5.74) is 2.82. The monoisotopic (exact) mass is 336 g/mol. The molecule has 0 amide bonds. The summed E-state index contributed by atoms with van der Waals surface area (Å²) in [5.74, 6) is 0.474. The second-order valence-electron chi connectivity index (χ2n) is 6.28. The first-order valence-electron chi connectivity index (χ1n) is 9.29. The SMILES string of the molecule is CCCCCCC(=Cc1ccccc1)OC(=O)c1cccc(CC)c1. The van der Waals surface area contributed by atoms with Crippen molar-refractivity contribution >= 4 is 12.0 Å². The van der Waals surface area contributed by atoms with E-state index in [4.69, 9.17) is 4.74 Å². The summed E-state index contributed by atoms with van der Waals surface area (Å²) in [5, 5.41) is 0. The fraction of sp³-hybridized carbons (Fsp3) is 0.348. The number of hydrogen-bond donors (Lipinski definition) is 0. The lowest BCUT2D eigenvalue weighted by Gasteiger charge is -2.10. The maximum Gasteiger partial charge on any atom is 0.343 e. The van der Waals surface area contributed by atoms with Gasteiger partial charge in [-0.05, 0) is 42.2 Å². The number of esters is 1. The van der Waals surface area contributed by atoms with Crippen molar-refractivity contribution in [3.8, 4) is 0 Å². The molecule has 132 valence electrons. The highest BCUT2D eigenvalue weighted by molar-refractivity contribution is 5.90. The minimum absolute atomic E-state index is 0.270. The van der Waals surface area contributed by atoms with Gasteiger partial charge in [0.15, 0.2) is 0 Å². The van der Waals surface area contributed by atoms with Gasteiger partial charge < -0.3 is 4.74 Å². The highest BCUT2D eigenvalue weighted by Crippen LogP contribution is 2.18. The standard InChI is InChI=1S/C23H28O2/c1-3-5-6-10-16-22(18-20-12-8-7-9-13-20)25-23(24)21-15-11-14-19(4-2)17-21/h7-9,11-15,17-18H,3-6,10,16H2,1-2H3. The minimum atomic E-state index is -0.270. The summed E-state index contributed by atoms with van der Waals surface area (Å²) in [6.45, 7) is 4.28. The molecule has 0 atom stereocenters. The van der Waals surface area contributed by atoms with Crippen LogP contribution in [0.4, 0.5) is 0 Å². The zero-order valence-corrected chi connectivity index (χ0v) is 15.3. The van der Waals surface area contributed by atoms with Crippen LogP contribution in [0.15, 0.2) is 60.4 Å². The summed E-state index contributed by atoms with van der Waals surface area (Å²) < 4.78 is 5.74. The quantitative estimate of drug-likeness (QED) is 0.300. The molecule has 0 aliphatic carbocycles. The van der Waals surface area contributed by atoms with Gasteiger partial charge in [-0.15, -0.1) is 0 Å². The third-order valence-electron chi connectivity index (χ3n) is 4.20. The normalized spacial score (nSPS) is 11.4. The van der Waals surface area contributed by atoms with Crippen LogP contribution in [0.5, 0.6) is 0 Å². The molecule has 0 aliphatic heterocycles. The Morgan fingerprint density at radius 3 is 2.48 bits per heavy atom. The molecule has 0 aliphatic rings. The number of unbranched alkanes of at least 4 members (excludes halogenated alkanes) is 3. The number of carbonyl (C=O) groups excluding carboxylic acids is 1. The van der Waals surface area contributed by atoms with Crippen molar-refractivity contribution in [1.29, 1.82) is 0 Å². The van der Waals surface area contributed by atoms with Gasteiger partial charge in [0.25, 0.3) is 0 Å². The van der Waals surface area contributed by atoms with Gasteiger partial charge in [0.1, 0.15) is 5.76 Å². The van der Waals surface area contributed by atoms with Gasteiger partial charge in [-0.3, -0.25) is 0 Å². The van der Waals surface area contributed by atoms with Crippen molar-refractivity contribution in [3.63, 3.8) is 0 Å². The largest absolute Gasteiger partial charge is 0.427 e. The molecular weight excluding hydrogens is 308 g/mol. The molecule has 0 spiro atoms. The maximum atomic E-state index is 12.5. The fourth-order valence-corrected chi connectivity index (χ4v) is 2.71. The van der Waals surface area contributed by atoms with E-state index in [-0.39, 0.29) is 5.97 Å². The Morgan fingerprint density at radius 2 is 1.76 bits per heavy atom. The highest BCUT2D eigenvalue weighted by Gasteiger charge is 2.11. The molecule has 0 bridgehead atoms.